The standard InChI is InChI=1S/C12H21N5S.HI/c1-16(2)12-15-10(9-18-12)8-14-11(13)17-6-4-3-5-7-17;/h9H,3-8H2,1-2H3,(H2,13,14);1H. The Morgan fingerprint density at radius 2 is 2.11 bits per heavy atom. The Bertz CT molecular complexity index is 412. The van der Waals surface area contributed by atoms with E-state index in [4.69, 9.17) is 5.73 Å². The molecular formula is C12H22IN5S. The summed E-state index contributed by atoms with van der Waals surface area (Å²) < 4.78 is 0. The number of aromatic nitrogens is 1. The highest BCUT2D eigenvalue weighted by Crippen LogP contribution is 2.18. The van der Waals surface area contributed by atoms with Crippen LogP contribution < -0.4 is 10.6 Å². The van der Waals surface area contributed by atoms with E-state index in [1.165, 1.54) is 19.3 Å². The van der Waals surface area contributed by atoms with Crippen molar-refractivity contribution in [2.24, 2.45) is 10.7 Å². The largest absolute Gasteiger partial charge is 0.370 e. The van der Waals surface area contributed by atoms with Gasteiger partial charge in [-0.1, -0.05) is 0 Å². The molecule has 1 aromatic rings. The zero-order valence-corrected chi connectivity index (χ0v) is 14.6. The predicted octanol–water partition coefficient (Wildman–Crippen LogP) is 2.13. The SMILES string of the molecule is CN(C)c1nc(CN=C(N)N2CCCCC2)cs1.I. The summed E-state index contributed by atoms with van der Waals surface area (Å²) in [6, 6.07) is 0. The van der Waals surface area contributed by atoms with Crippen molar-refractivity contribution in [1.29, 1.82) is 0 Å². The molecule has 108 valence electrons. The number of hydrogen-bond acceptors (Lipinski definition) is 4. The summed E-state index contributed by atoms with van der Waals surface area (Å²) in [6.07, 6.45) is 3.75. The second kappa shape index (κ2) is 7.88. The number of guanidine groups is 1. The van der Waals surface area contributed by atoms with Crippen molar-refractivity contribution in [3.63, 3.8) is 0 Å². The first-order valence-electron chi connectivity index (χ1n) is 6.33. The first kappa shape index (κ1) is 16.5. The number of rotatable bonds is 3. The van der Waals surface area contributed by atoms with E-state index in [1.807, 2.05) is 24.4 Å². The fourth-order valence-electron chi connectivity index (χ4n) is 1.96. The van der Waals surface area contributed by atoms with E-state index in [-0.39, 0.29) is 24.0 Å². The van der Waals surface area contributed by atoms with Crippen molar-refractivity contribution in [2.75, 3.05) is 32.1 Å². The fraction of sp³-hybridized carbons (Fsp3) is 0.667. The van der Waals surface area contributed by atoms with Crippen LogP contribution in [0.25, 0.3) is 0 Å². The summed E-state index contributed by atoms with van der Waals surface area (Å²) in [6.45, 7) is 2.65. The Kier molecular flexibility index (Phi) is 6.84. The number of likely N-dealkylation sites (tertiary alicyclic amines) is 1. The van der Waals surface area contributed by atoms with Crippen molar-refractivity contribution in [2.45, 2.75) is 25.8 Å². The van der Waals surface area contributed by atoms with E-state index in [2.05, 4.69) is 14.9 Å². The molecule has 0 aliphatic carbocycles. The lowest BCUT2D eigenvalue weighted by molar-refractivity contribution is 0.338. The van der Waals surface area contributed by atoms with Crippen molar-refractivity contribution in [1.82, 2.24) is 9.88 Å². The highest BCUT2D eigenvalue weighted by Gasteiger charge is 2.12. The van der Waals surface area contributed by atoms with E-state index >= 15 is 0 Å². The van der Waals surface area contributed by atoms with Crippen LogP contribution in [0.1, 0.15) is 25.0 Å². The van der Waals surface area contributed by atoms with Gasteiger partial charge in [-0.3, -0.25) is 0 Å². The Morgan fingerprint density at radius 3 is 2.68 bits per heavy atom. The van der Waals surface area contributed by atoms with Crippen LogP contribution in [0.2, 0.25) is 0 Å². The molecule has 2 N–H and O–H groups in total. The number of nitrogens with two attached hydrogens (primary N) is 1. The number of anilines is 1. The molecule has 0 aromatic carbocycles. The summed E-state index contributed by atoms with van der Waals surface area (Å²) >= 11 is 1.64. The van der Waals surface area contributed by atoms with Crippen LogP contribution in [0.3, 0.4) is 0 Å². The van der Waals surface area contributed by atoms with Gasteiger partial charge in [-0.05, 0) is 19.3 Å². The van der Waals surface area contributed by atoms with E-state index < -0.39 is 0 Å². The van der Waals surface area contributed by atoms with Gasteiger partial charge in [-0.2, -0.15) is 0 Å². The molecule has 0 radical (unpaired) electrons. The normalized spacial score (nSPS) is 16.1. The zero-order chi connectivity index (χ0) is 13.0. The average molecular weight is 395 g/mol. The van der Waals surface area contributed by atoms with Crippen LogP contribution in [-0.4, -0.2) is 43.0 Å². The molecule has 0 saturated carbocycles. The van der Waals surface area contributed by atoms with Gasteiger partial charge in [-0.25, -0.2) is 9.98 Å². The van der Waals surface area contributed by atoms with E-state index in [1.54, 1.807) is 11.3 Å². The molecule has 2 heterocycles. The second-order valence-electron chi connectivity index (χ2n) is 4.74. The third-order valence-corrected chi connectivity index (χ3v) is 4.06. The maximum Gasteiger partial charge on any atom is 0.191 e. The summed E-state index contributed by atoms with van der Waals surface area (Å²) in [7, 11) is 3.99. The van der Waals surface area contributed by atoms with Gasteiger partial charge in [0.25, 0.3) is 0 Å². The Hall–Kier alpha value is -0.570. The number of thiazole rings is 1. The van der Waals surface area contributed by atoms with Gasteiger partial charge in [0.15, 0.2) is 11.1 Å². The first-order valence-corrected chi connectivity index (χ1v) is 7.21. The van der Waals surface area contributed by atoms with Crippen LogP contribution in [0.4, 0.5) is 5.13 Å². The third-order valence-electron chi connectivity index (χ3n) is 3.01. The molecule has 2 rings (SSSR count). The van der Waals surface area contributed by atoms with Crippen LogP contribution in [0.5, 0.6) is 0 Å². The molecule has 0 spiro atoms. The number of halogens is 1. The van der Waals surface area contributed by atoms with Crippen molar-refractivity contribution >= 4 is 46.4 Å². The van der Waals surface area contributed by atoms with Gasteiger partial charge in [-0.15, -0.1) is 35.3 Å². The number of aliphatic imine (C=N–C) groups is 1. The van der Waals surface area contributed by atoms with Gasteiger partial charge in [0, 0.05) is 32.6 Å². The molecule has 1 aliphatic heterocycles. The molecule has 1 aromatic heterocycles. The summed E-state index contributed by atoms with van der Waals surface area (Å²) in [5.41, 5.74) is 6.99. The maximum atomic E-state index is 6.00. The van der Waals surface area contributed by atoms with Crippen LogP contribution in [0.15, 0.2) is 10.4 Å². The van der Waals surface area contributed by atoms with Gasteiger partial charge in [0.05, 0.1) is 12.2 Å². The van der Waals surface area contributed by atoms with Crippen LogP contribution >= 0.6 is 35.3 Å². The Labute approximate surface area is 135 Å². The molecule has 7 heteroatoms. The summed E-state index contributed by atoms with van der Waals surface area (Å²) in [4.78, 5) is 13.1. The minimum absolute atomic E-state index is 0. The smallest absolute Gasteiger partial charge is 0.191 e. The number of nitrogens with zero attached hydrogens (tertiary/aromatic N) is 4. The topological polar surface area (TPSA) is 57.8 Å². The fourth-order valence-corrected chi connectivity index (χ4v) is 2.71. The highest BCUT2D eigenvalue weighted by atomic mass is 127. The molecule has 5 nitrogen and oxygen atoms in total. The molecule has 0 amide bonds. The minimum atomic E-state index is 0. The second-order valence-corrected chi connectivity index (χ2v) is 5.57. The van der Waals surface area contributed by atoms with Gasteiger partial charge >= 0.3 is 0 Å². The third kappa shape index (κ3) is 4.79. The molecular weight excluding hydrogens is 373 g/mol. The molecule has 0 bridgehead atoms. The first-order chi connectivity index (χ1) is 8.66. The molecule has 0 atom stereocenters. The zero-order valence-electron chi connectivity index (χ0n) is 11.5. The van der Waals surface area contributed by atoms with Crippen molar-refractivity contribution in [3.8, 4) is 0 Å². The van der Waals surface area contributed by atoms with E-state index in [9.17, 15) is 0 Å². The van der Waals surface area contributed by atoms with Crippen molar-refractivity contribution in [3.05, 3.63) is 11.1 Å². The van der Waals surface area contributed by atoms with E-state index in [0.717, 1.165) is 23.9 Å². The molecule has 1 aliphatic rings. The van der Waals surface area contributed by atoms with Gasteiger partial charge in [0.2, 0.25) is 0 Å². The molecule has 0 unspecified atom stereocenters. The monoisotopic (exact) mass is 395 g/mol. The minimum Gasteiger partial charge on any atom is -0.370 e. The lowest BCUT2D eigenvalue weighted by Crippen LogP contribution is -2.40. The lowest BCUT2D eigenvalue weighted by atomic mass is 10.1. The maximum absolute atomic E-state index is 6.00. The molecule has 19 heavy (non-hydrogen) atoms. The number of hydrogen-bond donors (Lipinski definition) is 1. The quantitative estimate of drug-likeness (QED) is 0.484. The lowest BCUT2D eigenvalue weighted by Gasteiger charge is -2.27. The van der Waals surface area contributed by atoms with Gasteiger partial charge < -0.3 is 15.5 Å². The van der Waals surface area contributed by atoms with Crippen LogP contribution in [0, 0.1) is 0 Å². The predicted molar refractivity (Wildman–Crippen MR) is 92.6 cm³/mol. The average Bonchev–Trinajstić information content (AvgIpc) is 2.86. The molecule has 1 saturated heterocycles. The van der Waals surface area contributed by atoms with Crippen LogP contribution in [-0.2, 0) is 6.54 Å². The highest BCUT2D eigenvalue weighted by molar-refractivity contribution is 14.0. The summed E-state index contributed by atoms with van der Waals surface area (Å²) in [5, 5.41) is 3.05. The Morgan fingerprint density at radius 1 is 1.42 bits per heavy atom. The summed E-state index contributed by atoms with van der Waals surface area (Å²) in [5.74, 6) is 0.661. The molecule has 1 fully saturated rings. The van der Waals surface area contributed by atoms with Crippen molar-refractivity contribution < 1.29 is 0 Å². The number of piperidine rings is 1. The van der Waals surface area contributed by atoms with Gasteiger partial charge in [0.1, 0.15) is 0 Å². The Balaban J connectivity index is 0.00000180. The van der Waals surface area contributed by atoms with E-state index in [0.29, 0.717) is 12.5 Å².